The van der Waals surface area contributed by atoms with Crippen LogP contribution in [0.3, 0.4) is 0 Å². The monoisotopic (exact) mass is 444 g/mol. The van der Waals surface area contributed by atoms with E-state index in [-0.39, 0.29) is 28.5 Å². The van der Waals surface area contributed by atoms with Crippen LogP contribution in [0.4, 0.5) is 0 Å². The van der Waals surface area contributed by atoms with Crippen LogP contribution < -0.4 is 5.32 Å². The van der Waals surface area contributed by atoms with Crippen LogP contribution in [0.5, 0.6) is 0 Å². The Morgan fingerprint density at radius 1 is 1.07 bits per heavy atom. The summed E-state index contributed by atoms with van der Waals surface area (Å²) < 4.78 is 0. The lowest BCUT2D eigenvalue weighted by Crippen LogP contribution is -2.61. The van der Waals surface area contributed by atoms with Gasteiger partial charge in [0, 0.05) is 21.9 Å². The molecule has 6 aliphatic rings. The van der Waals surface area contributed by atoms with E-state index in [0.29, 0.717) is 28.5 Å². The van der Waals surface area contributed by atoms with E-state index < -0.39 is 12.0 Å². The van der Waals surface area contributed by atoms with Gasteiger partial charge in [-0.15, -0.1) is 11.8 Å². The molecule has 1 aromatic carbocycles. The second-order valence-corrected chi connectivity index (χ2v) is 11.5. The van der Waals surface area contributed by atoms with Gasteiger partial charge < -0.3 is 10.2 Å². The lowest BCUT2D eigenvalue weighted by Gasteiger charge is -2.57. The average molecular weight is 445 g/mol. The first kappa shape index (κ1) is 19.2. The summed E-state index contributed by atoms with van der Waals surface area (Å²) in [6, 6.07) is 6.89. The predicted octanol–water partition coefficient (Wildman–Crippen LogP) is 3.57. The molecule has 30 heavy (non-hydrogen) atoms. The molecule has 0 radical (unpaired) electrons. The largest absolute Gasteiger partial charge is 0.350 e. The Balaban J connectivity index is 1.24. The van der Waals surface area contributed by atoms with Crippen molar-refractivity contribution in [3.8, 4) is 0 Å². The second kappa shape index (κ2) is 6.73. The van der Waals surface area contributed by atoms with Crippen molar-refractivity contribution in [2.45, 2.75) is 55.5 Å². The van der Waals surface area contributed by atoms with Crippen molar-refractivity contribution in [3.63, 3.8) is 0 Å². The highest BCUT2D eigenvalue weighted by molar-refractivity contribution is 7.99. The number of nitrogens with zero attached hydrogens (tertiary/aromatic N) is 1. The average Bonchev–Trinajstić information content (AvgIpc) is 3.21. The molecular weight excluding hydrogens is 420 g/mol. The second-order valence-electron chi connectivity index (χ2n) is 9.99. The highest BCUT2D eigenvalue weighted by Crippen LogP contribution is 2.56. The molecule has 2 amide bonds. The number of carbonyl (C=O) groups excluding carboxylic acids is 3. The number of carbonyl (C=O) groups is 3. The van der Waals surface area contributed by atoms with Crippen molar-refractivity contribution in [2.75, 3.05) is 5.75 Å². The molecule has 5 nitrogen and oxygen atoms in total. The SMILES string of the molecule is O=C(NC12CC3CC(CC(C3)C1)C2)C1C(=O)C2CS[C@@H](c3ccccc3Cl)N2C1=O. The molecule has 7 heteroatoms. The molecule has 2 saturated heterocycles. The first-order valence-corrected chi connectivity index (χ1v) is 12.4. The minimum atomic E-state index is -1.20. The van der Waals surface area contributed by atoms with Crippen molar-refractivity contribution in [2.24, 2.45) is 23.7 Å². The van der Waals surface area contributed by atoms with Crippen molar-refractivity contribution in [3.05, 3.63) is 34.9 Å². The molecule has 158 valence electrons. The van der Waals surface area contributed by atoms with E-state index in [1.807, 2.05) is 18.2 Å². The number of amides is 2. The van der Waals surface area contributed by atoms with Crippen molar-refractivity contribution in [1.29, 1.82) is 0 Å². The molecule has 2 heterocycles. The Morgan fingerprint density at radius 2 is 1.70 bits per heavy atom. The Bertz CT molecular complexity index is 915. The Kier molecular flexibility index (Phi) is 4.30. The molecule has 4 saturated carbocycles. The number of thioether (sulfide) groups is 1. The normalized spacial score (nSPS) is 41.4. The summed E-state index contributed by atoms with van der Waals surface area (Å²) in [6.07, 6.45) is 6.86. The van der Waals surface area contributed by atoms with Gasteiger partial charge in [0.2, 0.25) is 11.8 Å². The molecule has 2 unspecified atom stereocenters. The maximum Gasteiger partial charge on any atom is 0.244 e. The first-order chi connectivity index (χ1) is 14.4. The van der Waals surface area contributed by atoms with Gasteiger partial charge in [-0.05, 0) is 62.3 Å². The first-order valence-electron chi connectivity index (χ1n) is 11.0. The van der Waals surface area contributed by atoms with Gasteiger partial charge in [0.25, 0.3) is 0 Å². The van der Waals surface area contributed by atoms with E-state index in [0.717, 1.165) is 24.8 Å². The number of fused-ring (bicyclic) bond motifs is 1. The lowest BCUT2D eigenvalue weighted by molar-refractivity contribution is -0.142. The Morgan fingerprint density at radius 3 is 2.33 bits per heavy atom. The maximum absolute atomic E-state index is 13.3. The van der Waals surface area contributed by atoms with Gasteiger partial charge in [0.1, 0.15) is 11.4 Å². The summed E-state index contributed by atoms with van der Waals surface area (Å²) in [5.41, 5.74) is 0.631. The van der Waals surface area contributed by atoms with Crippen LogP contribution in [0.15, 0.2) is 24.3 Å². The third-order valence-corrected chi connectivity index (χ3v) is 9.62. The summed E-state index contributed by atoms with van der Waals surface area (Å²) in [7, 11) is 0. The number of halogens is 1. The molecule has 4 bridgehead atoms. The third-order valence-electron chi connectivity index (χ3n) is 7.97. The number of hydrogen-bond donors (Lipinski definition) is 1. The van der Waals surface area contributed by atoms with Gasteiger partial charge in [0.15, 0.2) is 11.7 Å². The standard InChI is InChI=1S/C23H25ClN2O3S/c24-16-4-2-1-3-15(16)22-26-17(11-30-22)19(27)18(21(26)29)20(28)25-23-8-12-5-13(9-23)7-14(6-12)10-23/h1-4,12-14,17-18,22H,5-11H2,(H,25,28)/t12?,13?,14?,17?,18?,22-,23?/m0/s1. The fourth-order valence-corrected chi connectivity index (χ4v) is 9.00. The molecule has 0 spiro atoms. The number of rotatable bonds is 3. The molecule has 6 fully saturated rings. The van der Waals surface area contributed by atoms with E-state index in [9.17, 15) is 14.4 Å². The quantitative estimate of drug-likeness (QED) is 0.724. The topological polar surface area (TPSA) is 66.5 Å². The summed E-state index contributed by atoms with van der Waals surface area (Å²) in [6.45, 7) is 0. The zero-order valence-corrected chi connectivity index (χ0v) is 18.3. The molecule has 7 rings (SSSR count). The lowest BCUT2D eigenvalue weighted by atomic mass is 9.53. The van der Waals surface area contributed by atoms with Crippen molar-refractivity contribution in [1.82, 2.24) is 10.2 Å². The molecular formula is C23H25ClN2O3S. The predicted molar refractivity (Wildman–Crippen MR) is 115 cm³/mol. The summed E-state index contributed by atoms with van der Waals surface area (Å²) in [4.78, 5) is 41.3. The van der Waals surface area contributed by atoms with Crippen LogP contribution in [0.2, 0.25) is 5.02 Å². The van der Waals surface area contributed by atoms with Crippen molar-refractivity contribution < 1.29 is 14.4 Å². The zero-order valence-electron chi connectivity index (χ0n) is 16.7. The van der Waals surface area contributed by atoms with Gasteiger partial charge in [-0.2, -0.15) is 0 Å². The minimum absolute atomic E-state index is 0.198. The van der Waals surface area contributed by atoms with Crippen LogP contribution in [0.25, 0.3) is 0 Å². The Hall–Kier alpha value is -1.53. The zero-order chi connectivity index (χ0) is 20.6. The number of nitrogens with one attached hydrogen (secondary N) is 1. The molecule has 2 aliphatic heterocycles. The van der Waals surface area contributed by atoms with E-state index >= 15 is 0 Å². The maximum atomic E-state index is 13.3. The van der Waals surface area contributed by atoms with Gasteiger partial charge >= 0.3 is 0 Å². The summed E-state index contributed by atoms with van der Waals surface area (Å²) in [5, 5.41) is 3.52. The van der Waals surface area contributed by atoms with Gasteiger partial charge in [-0.1, -0.05) is 29.8 Å². The number of Topliss-reactive ketones (excluding diaryl/α,β-unsaturated/α-hetero) is 1. The number of hydrogen-bond acceptors (Lipinski definition) is 4. The smallest absolute Gasteiger partial charge is 0.244 e. The molecule has 4 aliphatic carbocycles. The molecule has 0 aromatic heterocycles. The van der Waals surface area contributed by atoms with E-state index in [1.54, 1.807) is 22.7 Å². The number of benzene rings is 1. The summed E-state index contributed by atoms with van der Waals surface area (Å²) >= 11 is 7.91. The molecule has 3 atom stereocenters. The van der Waals surface area contributed by atoms with E-state index in [2.05, 4.69) is 5.32 Å². The number of ketones is 1. The minimum Gasteiger partial charge on any atom is -0.350 e. The van der Waals surface area contributed by atoms with Crippen LogP contribution in [-0.4, -0.2) is 39.8 Å². The van der Waals surface area contributed by atoms with Crippen molar-refractivity contribution >= 4 is 41.0 Å². The van der Waals surface area contributed by atoms with Crippen LogP contribution in [0, 0.1) is 23.7 Å². The summed E-state index contributed by atoms with van der Waals surface area (Å²) in [5.74, 6) is 0.410. The molecule has 1 N–H and O–H groups in total. The third kappa shape index (κ3) is 2.79. The van der Waals surface area contributed by atoms with E-state index in [4.69, 9.17) is 11.6 Å². The Labute approximate surface area is 185 Å². The highest BCUT2D eigenvalue weighted by Gasteiger charge is 2.58. The van der Waals surface area contributed by atoms with Gasteiger partial charge in [-0.25, -0.2) is 0 Å². The fourth-order valence-electron chi connectivity index (χ4n) is 7.21. The van der Waals surface area contributed by atoms with Gasteiger partial charge in [-0.3, -0.25) is 14.4 Å². The molecule has 1 aromatic rings. The van der Waals surface area contributed by atoms with Crippen LogP contribution in [0.1, 0.15) is 49.5 Å². The van der Waals surface area contributed by atoms with Crippen LogP contribution >= 0.6 is 23.4 Å². The fraction of sp³-hybridized carbons (Fsp3) is 0.609. The van der Waals surface area contributed by atoms with Crippen LogP contribution in [-0.2, 0) is 14.4 Å². The van der Waals surface area contributed by atoms with Gasteiger partial charge in [0.05, 0.1) is 0 Å². The highest BCUT2D eigenvalue weighted by atomic mass is 35.5. The van der Waals surface area contributed by atoms with E-state index in [1.165, 1.54) is 19.3 Å².